The Morgan fingerprint density at radius 2 is 1.11 bits per heavy atom. The zero-order chi connectivity index (χ0) is 25.6. The third-order valence-corrected chi connectivity index (χ3v) is 13.7. The third-order valence-electron chi connectivity index (χ3n) is 7.09. The second-order valence-corrected chi connectivity index (χ2v) is 14.3. The molecular formula is C32H33F2NP2. The molecule has 0 unspecified atom stereocenters. The summed E-state index contributed by atoms with van der Waals surface area (Å²) in [4.78, 5) is 0. The molecule has 1 aliphatic heterocycles. The molecule has 5 rings (SSSR count). The molecule has 0 radical (unpaired) electrons. The molecule has 1 aliphatic rings. The van der Waals surface area contributed by atoms with Gasteiger partial charge in [-0.05, 0) is 62.7 Å². The quantitative estimate of drug-likeness (QED) is 0.195. The highest BCUT2D eigenvalue weighted by molar-refractivity contribution is 7.79. The van der Waals surface area contributed by atoms with Gasteiger partial charge in [0.05, 0.1) is 0 Å². The summed E-state index contributed by atoms with van der Waals surface area (Å²) in [6.45, 7) is 3.02. The van der Waals surface area contributed by atoms with Crippen LogP contribution in [0, 0.1) is 11.6 Å². The normalized spacial score (nSPS) is 18.1. The van der Waals surface area contributed by atoms with Crippen molar-refractivity contribution in [3.8, 4) is 0 Å². The minimum atomic E-state index is -1.40. The van der Waals surface area contributed by atoms with Crippen LogP contribution in [0.5, 0.6) is 0 Å². The molecule has 0 bridgehead atoms. The van der Waals surface area contributed by atoms with E-state index in [0.717, 1.165) is 32.2 Å². The number of benzene rings is 4. The van der Waals surface area contributed by atoms with E-state index in [0.29, 0.717) is 21.9 Å². The number of rotatable bonds is 9. The van der Waals surface area contributed by atoms with Crippen molar-refractivity contribution in [2.45, 2.75) is 43.9 Å². The van der Waals surface area contributed by atoms with E-state index in [1.165, 1.54) is 23.3 Å². The van der Waals surface area contributed by atoms with Crippen molar-refractivity contribution in [3.05, 3.63) is 132 Å². The fourth-order valence-electron chi connectivity index (χ4n) is 5.35. The van der Waals surface area contributed by atoms with Gasteiger partial charge in [-0.15, -0.1) is 0 Å². The number of hydrogen-bond donors (Lipinski definition) is 0. The topological polar surface area (TPSA) is 3.24 Å². The molecule has 0 aromatic heterocycles. The summed E-state index contributed by atoms with van der Waals surface area (Å²) in [7, 11) is -2.18. The monoisotopic (exact) mass is 531 g/mol. The molecule has 190 valence electrons. The molecule has 1 heterocycles. The number of unbranched alkanes of at least 4 members (excludes halogenated alkanes) is 1. The van der Waals surface area contributed by atoms with Crippen molar-refractivity contribution in [2.75, 3.05) is 6.54 Å². The van der Waals surface area contributed by atoms with Gasteiger partial charge in [-0.2, -0.15) is 0 Å². The van der Waals surface area contributed by atoms with Gasteiger partial charge >= 0.3 is 0 Å². The van der Waals surface area contributed by atoms with Crippen molar-refractivity contribution in [2.24, 2.45) is 0 Å². The maximum atomic E-state index is 15.5. The second kappa shape index (κ2) is 12.4. The van der Waals surface area contributed by atoms with Crippen LogP contribution in [0.1, 0.15) is 55.1 Å². The van der Waals surface area contributed by atoms with Crippen molar-refractivity contribution in [1.29, 1.82) is 0 Å². The Morgan fingerprint density at radius 3 is 1.54 bits per heavy atom. The van der Waals surface area contributed by atoms with Gasteiger partial charge in [0.2, 0.25) is 0 Å². The largest absolute Gasteiger partial charge is 0.251 e. The van der Waals surface area contributed by atoms with Gasteiger partial charge in [0.25, 0.3) is 0 Å². The average molecular weight is 532 g/mol. The van der Waals surface area contributed by atoms with Crippen LogP contribution < -0.4 is 10.6 Å². The van der Waals surface area contributed by atoms with Crippen LogP contribution >= 0.6 is 16.1 Å². The first-order valence-electron chi connectivity index (χ1n) is 13.1. The summed E-state index contributed by atoms with van der Waals surface area (Å²) in [5.74, 6) is -0.500. The smallest absolute Gasteiger partial charge is 0.132 e. The fraction of sp³-hybridized carbons (Fsp3) is 0.250. The highest BCUT2D eigenvalue weighted by Gasteiger charge is 2.44. The molecule has 0 aliphatic carbocycles. The average Bonchev–Trinajstić information content (AvgIpc) is 3.38. The first-order valence-corrected chi connectivity index (χ1v) is 15.9. The van der Waals surface area contributed by atoms with E-state index in [1.807, 2.05) is 24.3 Å². The lowest BCUT2D eigenvalue weighted by molar-refractivity contribution is 0.617. The van der Waals surface area contributed by atoms with E-state index < -0.39 is 16.1 Å². The van der Waals surface area contributed by atoms with Crippen LogP contribution in [0.15, 0.2) is 109 Å². The van der Waals surface area contributed by atoms with Gasteiger partial charge in [-0.1, -0.05) is 98.3 Å². The summed E-state index contributed by atoms with van der Waals surface area (Å²) in [6, 6.07) is 35.5. The Kier molecular flexibility index (Phi) is 8.78. The van der Waals surface area contributed by atoms with Gasteiger partial charge in [0.1, 0.15) is 11.6 Å². The number of halogens is 2. The summed E-state index contributed by atoms with van der Waals surface area (Å²) in [5.41, 5.74) is 3.37. The van der Waals surface area contributed by atoms with Crippen molar-refractivity contribution in [3.63, 3.8) is 0 Å². The second-order valence-electron chi connectivity index (χ2n) is 9.47. The zero-order valence-corrected chi connectivity index (χ0v) is 23.0. The molecule has 2 atom stereocenters. The molecule has 0 saturated carbocycles. The molecule has 0 N–H and O–H groups in total. The third kappa shape index (κ3) is 5.70. The van der Waals surface area contributed by atoms with Gasteiger partial charge < -0.3 is 0 Å². The van der Waals surface area contributed by atoms with E-state index in [4.69, 9.17) is 0 Å². The lowest BCUT2D eigenvalue weighted by Crippen LogP contribution is -2.30. The van der Waals surface area contributed by atoms with Crippen LogP contribution in [0.25, 0.3) is 0 Å². The Bertz CT molecular complexity index is 1190. The molecule has 4 aromatic rings. The molecule has 1 nitrogen and oxygen atoms in total. The SMILES string of the molecule is CCCCN(P(c1ccccc1F)c1ccccc1F)P1[C@H](c2ccccc2)CC[C@H]1c1ccccc1. The van der Waals surface area contributed by atoms with Gasteiger partial charge in [-0.3, -0.25) is 4.44 Å². The van der Waals surface area contributed by atoms with E-state index in [9.17, 15) is 0 Å². The van der Waals surface area contributed by atoms with Gasteiger partial charge in [0.15, 0.2) is 0 Å². The molecular weight excluding hydrogens is 498 g/mol. The van der Waals surface area contributed by atoms with Crippen LogP contribution in [-0.4, -0.2) is 11.0 Å². The maximum absolute atomic E-state index is 15.5. The Labute approximate surface area is 222 Å². The standard InChI is InChI=1S/C32H33F2NP2/c1-2-3-24-35(37(31-20-12-10-18-27(31)33)32-21-13-11-19-28(32)34)36-29(25-14-6-4-7-15-25)22-23-30(36)26-16-8-5-9-17-26/h4-21,29-30H,2-3,22-24H2,1H3/t29-,30-/m0/s1. The predicted molar refractivity (Wildman–Crippen MR) is 155 cm³/mol. The summed E-state index contributed by atoms with van der Waals surface area (Å²) < 4.78 is 33.6. The van der Waals surface area contributed by atoms with E-state index in [2.05, 4.69) is 72.0 Å². The molecule has 5 heteroatoms. The Balaban J connectivity index is 1.70. The highest BCUT2D eigenvalue weighted by Crippen LogP contribution is 2.76. The minimum Gasteiger partial charge on any atom is -0.251 e. The Hall–Kier alpha value is -2.44. The first-order chi connectivity index (χ1) is 18.2. The highest BCUT2D eigenvalue weighted by atomic mass is 31.2. The molecule has 0 spiro atoms. The van der Waals surface area contributed by atoms with E-state index in [1.54, 1.807) is 12.1 Å². The van der Waals surface area contributed by atoms with Gasteiger partial charge in [-0.25, -0.2) is 8.78 Å². The lowest BCUT2D eigenvalue weighted by Gasteiger charge is -2.42. The van der Waals surface area contributed by atoms with Crippen LogP contribution in [0.2, 0.25) is 0 Å². The maximum Gasteiger partial charge on any atom is 0.132 e. The van der Waals surface area contributed by atoms with Crippen LogP contribution in [-0.2, 0) is 0 Å². The fourth-order valence-corrected chi connectivity index (χ4v) is 12.8. The summed E-state index contributed by atoms with van der Waals surface area (Å²) in [5, 5.41) is 1.23. The van der Waals surface area contributed by atoms with E-state index >= 15 is 8.78 Å². The molecule has 0 amide bonds. The predicted octanol–water partition coefficient (Wildman–Crippen LogP) is 9.09. The minimum absolute atomic E-state index is 0.250. The lowest BCUT2D eigenvalue weighted by atomic mass is 10.0. The van der Waals surface area contributed by atoms with Crippen molar-refractivity contribution < 1.29 is 8.78 Å². The summed E-state index contributed by atoms with van der Waals surface area (Å²) in [6.07, 6.45) is 4.18. The molecule has 37 heavy (non-hydrogen) atoms. The van der Waals surface area contributed by atoms with Crippen LogP contribution in [0.3, 0.4) is 0 Å². The van der Waals surface area contributed by atoms with Gasteiger partial charge in [0, 0.05) is 36.5 Å². The number of hydrogen-bond acceptors (Lipinski definition) is 1. The Morgan fingerprint density at radius 1 is 0.676 bits per heavy atom. The molecule has 4 aromatic carbocycles. The van der Waals surface area contributed by atoms with Crippen molar-refractivity contribution >= 4 is 26.8 Å². The molecule has 1 fully saturated rings. The number of nitrogens with zero attached hydrogens (tertiary/aromatic N) is 1. The summed E-state index contributed by atoms with van der Waals surface area (Å²) >= 11 is 0. The van der Waals surface area contributed by atoms with Crippen molar-refractivity contribution in [1.82, 2.24) is 4.44 Å². The zero-order valence-electron chi connectivity index (χ0n) is 21.2. The van der Waals surface area contributed by atoms with Crippen LogP contribution in [0.4, 0.5) is 8.78 Å². The van der Waals surface area contributed by atoms with E-state index in [-0.39, 0.29) is 11.6 Å². The first kappa shape index (κ1) is 26.2. The molecule has 1 saturated heterocycles.